The predicted octanol–water partition coefficient (Wildman–Crippen LogP) is 2.93. The minimum absolute atomic E-state index is 0.0414. The van der Waals surface area contributed by atoms with Crippen LogP contribution >= 0.6 is 11.8 Å². The fraction of sp³-hybridized carbons (Fsp3) is 0.348. The Balaban J connectivity index is 1.36. The number of furan rings is 1. The van der Waals surface area contributed by atoms with Gasteiger partial charge in [-0.2, -0.15) is 5.01 Å². The van der Waals surface area contributed by atoms with Crippen LogP contribution in [-0.2, 0) is 22.6 Å². The monoisotopic (exact) mass is 482 g/mol. The lowest BCUT2D eigenvalue weighted by Gasteiger charge is -2.21. The fourth-order valence-electron chi connectivity index (χ4n) is 3.78. The first kappa shape index (κ1) is 23.6. The van der Waals surface area contributed by atoms with Crippen LogP contribution in [-0.4, -0.2) is 48.9 Å². The molecule has 1 aliphatic heterocycles. The molecular weight excluding hydrogens is 456 g/mol. The zero-order valence-electron chi connectivity index (χ0n) is 19.2. The molecule has 0 spiro atoms. The van der Waals surface area contributed by atoms with Gasteiger partial charge < -0.3 is 14.3 Å². The molecule has 3 aromatic rings. The number of rotatable bonds is 9. The molecule has 0 bridgehead atoms. The Morgan fingerprint density at radius 2 is 1.97 bits per heavy atom. The number of imide groups is 1. The largest absolute Gasteiger partial charge is 0.469 e. The minimum atomic E-state index is -1.09. The van der Waals surface area contributed by atoms with Crippen LogP contribution in [0, 0.1) is 6.92 Å². The van der Waals surface area contributed by atoms with E-state index in [1.54, 1.807) is 13.2 Å². The van der Waals surface area contributed by atoms with E-state index in [-0.39, 0.29) is 5.75 Å². The van der Waals surface area contributed by atoms with Crippen molar-refractivity contribution in [2.75, 3.05) is 5.75 Å². The van der Waals surface area contributed by atoms with Crippen LogP contribution in [0.25, 0.3) is 11.4 Å². The fourth-order valence-corrected chi connectivity index (χ4v) is 4.57. The van der Waals surface area contributed by atoms with Gasteiger partial charge in [0.25, 0.3) is 5.91 Å². The van der Waals surface area contributed by atoms with Crippen molar-refractivity contribution in [1.82, 2.24) is 30.5 Å². The number of hydrogen-bond donors (Lipinski definition) is 2. The summed E-state index contributed by atoms with van der Waals surface area (Å²) in [7, 11) is 0. The molecule has 1 fully saturated rings. The van der Waals surface area contributed by atoms with Crippen LogP contribution < -0.4 is 10.7 Å². The number of carbonyl (C=O) groups is 3. The van der Waals surface area contributed by atoms with E-state index in [0.29, 0.717) is 30.4 Å². The van der Waals surface area contributed by atoms with Crippen molar-refractivity contribution in [2.24, 2.45) is 0 Å². The molecule has 1 saturated heterocycles. The van der Waals surface area contributed by atoms with E-state index in [2.05, 4.69) is 20.9 Å². The molecule has 11 heteroatoms. The standard InChI is InChI=1S/C23H26N6O4S/c1-4-28-19(17-11-13-33-15(17)2)25-26-22(28)34-14-18(30)27-29-20(31)23(3,24-21(29)32)12-10-16-8-6-5-7-9-16/h5-9,11,13H,4,10,12,14H2,1-3H3,(H,24,32)(H,27,30). The minimum Gasteiger partial charge on any atom is -0.469 e. The highest BCUT2D eigenvalue weighted by Crippen LogP contribution is 2.27. The second-order valence-corrected chi connectivity index (χ2v) is 9.10. The first-order valence-corrected chi connectivity index (χ1v) is 11.9. The first-order chi connectivity index (χ1) is 16.3. The van der Waals surface area contributed by atoms with Gasteiger partial charge >= 0.3 is 6.03 Å². The average molecular weight is 483 g/mol. The van der Waals surface area contributed by atoms with Gasteiger partial charge in [0, 0.05) is 6.54 Å². The Morgan fingerprint density at radius 3 is 2.65 bits per heavy atom. The van der Waals surface area contributed by atoms with Gasteiger partial charge in [-0.3, -0.25) is 15.0 Å². The SMILES string of the molecule is CCn1c(SCC(=O)NN2C(=O)NC(C)(CCc3ccccc3)C2=O)nnc1-c1ccoc1C. The van der Waals surface area contributed by atoms with Crippen LogP contribution in [0.1, 0.15) is 31.6 Å². The second-order valence-electron chi connectivity index (χ2n) is 8.15. The number of aryl methyl sites for hydroxylation is 2. The molecule has 1 aromatic carbocycles. The zero-order valence-corrected chi connectivity index (χ0v) is 20.0. The van der Waals surface area contributed by atoms with E-state index in [4.69, 9.17) is 4.42 Å². The molecule has 4 amide bonds. The molecule has 2 N–H and O–H groups in total. The maximum atomic E-state index is 12.9. The molecule has 4 rings (SSSR count). The summed E-state index contributed by atoms with van der Waals surface area (Å²) < 4.78 is 7.23. The van der Waals surface area contributed by atoms with Gasteiger partial charge in [-0.15, -0.1) is 10.2 Å². The summed E-state index contributed by atoms with van der Waals surface area (Å²) in [4.78, 5) is 37.9. The summed E-state index contributed by atoms with van der Waals surface area (Å²) in [5.74, 6) is 0.360. The third-order valence-electron chi connectivity index (χ3n) is 5.72. The molecule has 34 heavy (non-hydrogen) atoms. The predicted molar refractivity (Wildman–Crippen MR) is 126 cm³/mol. The molecule has 0 aliphatic carbocycles. The Bertz CT molecular complexity index is 1210. The lowest BCUT2D eigenvalue weighted by molar-refractivity contribution is -0.138. The van der Waals surface area contributed by atoms with E-state index < -0.39 is 23.4 Å². The number of nitrogens with zero attached hydrogens (tertiary/aromatic N) is 4. The molecule has 1 aliphatic rings. The van der Waals surface area contributed by atoms with Gasteiger partial charge in [-0.05, 0) is 45.2 Å². The Hall–Kier alpha value is -3.60. The summed E-state index contributed by atoms with van der Waals surface area (Å²) in [5.41, 5.74) is 3.23. The van der Waals surface area contributed by atoms with E-state index >= 15 is 0 Å². The molecular formula is C23H26N6O4S. The Morgan fingerprint density at radius 1 is 1.21 bits per heavy atom. The van der Waals surface area contributed by atoms with Crippen molar-refractivity contribution in [3.05, 3.63) is 54.0 Å². The number of benzene rings is 1. The van der Waals surface area contributed by atoms with Crippen LogP contribution in [0.2, 0.25) is 0 Å². The number of hydrazine groups is 1. The van der Waals surface area contributed by atoms with Gasteiger partial charge in [-0.25, -0.2) is 4.79 Å². The second kappa shape index (κ2) is 9.72. The summed E-state index contributed by atoms with van der Waals surface area (Å²) in [6, 6.07) is 10.9. The van der Waals surface area contributed by atoms with Crippen LogP contribution in [0.3, 0.4) is 0 Å². The molecule has 10 nitrogen and oxygen atoms in total. The van der Waals surface area contributed by atoms with Crippen LogP contribution in [0.15, 0.2) is 52.2 Å². The van der Waals surface area contributed by atoms with Gasteiger partial charge in [0.2, 0.25) is 5.91 Å². The van der Waals surface area contributed by atoms with Crippen molar-refractivity contribution in [3.63, 3.8) is 0 Å². The van der Waals surface area contributed by atoms with E-state index in [1.807, 2.05) is 54.8 Å². The third-order valence-corrected chi connectivity index (χ3v) is 6.69. The smallest absolute Gasteiger partial charge is 0.344 e. The summed E-state index contributed by atoms with van der Waals surface area (Å²) in [6.07, 6.45) is 2.62. The van der Waals surface area contributed by atoms with Crippen LogP contribution in [0.5, 0.6) is 0 Å². The number of aromatic nitrogens is 3. The zero-order chi connectivity index (χ0) is 24.3. The number of nitrogens with one attached hydrogen (secondary N) is 2. The lowest BCUT2D eigenvalue weighted by Crippen LogP contribution is -2.49. The highest BCUT2D eigenvalue weighted by Gasteiger charge is 2.48. The first-order valence-electron chi connectivity index (χ1n) is 10.9. The number of urea groups is 1. The summed E-state index contributed by atoms with van der Waals surface area (Å²) >= 11 is 1.17. The van der Waals surface area contributed by atoms with Crippen molar-refractivity contribution in [2.45, 2.75) is 50.9 Å². The van der Waals surface area contributed by atoms with Gasteiger partial charge in [-0.1, -0.05) is 42.1 Å². The molecule has 2 aromatic heterocycles. The van der Waals surface area contributed by atoms with Crippen molar-refractivity contribution in [1.29, 1.82) is 0 Å². The number of amides is 4. The van der Waals surface area contributed by atoms with Crippen molar-refractivity contribution < 1.29 is 18.8 Å². The lowest BCUT2D eigenvalue weighted by atomic mass is 9.93. The van der Waals surface area contributed by atoms with E-state index in [9.17, 15) is 14.4 Å². The Kier molecular flexibility index (Phi) is 6.73. The van der Waals surface area contributed by atoms with Crippen molar-refractivity contribution in [3.8, 4) is 11.4 Å². The average Bonchev–Trinajstić information content (AvgIpc) is 3.49. The molecule has 1 atom stereocenters. The highest BCUT2D eigenvalue weighted by molar-refractivity contribution is 7.99. The Labute approximate surface area is 201 Å². The van der Waals surface area contributed by atoms with E-state index in [1.165, 1.54) is 11.8 Å². The molecule has 1 unspecified atom stereocenters. The molecule has 0 saturated carbocycles. The van der Waals surface area contributed by atoms with E-state index in [0.717, 1.165) is 21.9 Å². The molecule has 178 valence electrons. The van der Waals surface area contributed by atoms with Gasteiger partial charge in [0.15, 0.2) is 11.0 Å². The maximum absolute atomic E-state index is 12.9. The quantitative estimate of drug-likeness (QED) is 0.355. The number of hydrogen-bond acceptors (Lipinski definition) is 7. The third kappa shape index (κ3) is 4.69. The van der Waals surface area contributed by atoms with Crippen molar-refractivity contribution >= 4 is 29.6 Å². The van der Waals surface area contributed by atoms with Gasteiger partial charge in [0.05, 0.1) is 17.6 Å². The molecule has 0 radical (unpaired) electrons. The van der Waals surface area contributed by atoms with Gasteiger partial charge in [0.1, 0.15) is 11.3 Å². The molecule has 3 heterocycles. The summed E-state index contributed by atoms with van der Waals surface area (Å²) in [6.45, 7) is 6.07. The van der Waals surface area contributed by atoms with Crippen LogP contribution in [0.4, 0.5) is 4.79 Å². The number of carbonyl (C=O) groups excluding carboxylic acids is 3. The number of thioether (sulfide) groups is 1. The summed E-state index contributed by atoms with van der Waals surface area (Å²) in [5, 5.41) is 12.4. The maximum Gasteiger partial charge on any atom is 0.344 e. The highest BCUT2D eigenvalue weighted by atomic mass is 32.2. The topological polar surface area (TPSA) is 122 Å². The normalized spacial score (nSPS) is 17.8.